The summed E-state index contributed by atoms with van der Waals surface area (Å²) in [6, 6.07) is 8.79. The van der Waals surface area contributed by atoms with Gasteiger partial charge in [-0.2, -0.15) is 4.98 Å². The Hall–Kier alpha value is -2.77. The predicted molar refractivity (Wildman–Crippen MR) is 131 cm³/mol. The SMILES string of the molecule is Clc1nc(N2CCN(c3ncccn3)CC2)c2c(-c3ccc4c(c3)CCCC4)csc2n1. The molecule has 32 heavy (non-hydrogen) atoms. The first-order chi connectivity index (χ1) is 15.8. The summed E-state index contributed by atoms with van der Waals surface area (Å²) in [5, 5.41) is 3.62. The molecule has 0 N–H and O–H groups in total. The molecule has 0 radical (unpaired) electrons. The monoisotopic (exact) mass is 462 g/mol. The van der Waals surface area contributed by atoms with Gasteiger partial charge in [-0.25, -0.2) is 15.0 Å². The summed E-state index contributed by atoms with van der Waals surface area (Å²) >= 11 is 7.99. The number of aryl methyl sites for hydroxylation is 2. The lowest BCUT2D eigenvalue weighted by Crippen LogP contribution is -2.47. The minimum Gasteiger partial charge on any atom is -0.352 e. The summed E-state index contributed by atoms with van der Waals surface area (Å²) < 4.78 is 0. The first kappa shape index (κ1) is 19.9. The minimum atomic E-state index is 0.306. The Morgan fingerprint density at radius 1 is 0.875 bits per heavy atom. The third kappa shape index (κ3) is 3.59. The van der Waals surface area contributed by atoms with Gasteiger partial charge in [0.25, 0.3) is 0 Å². The van der Waals surface area contributed by atoms with Crippen LogP contribution in [0.25, 0.3) is 21.3 Å². The van der Waals surface area contributed by atoms with E-state index >= 15 is 0 Å². The fraction of sp³-hybridized carbons (Fsp3) is 0.333. The van der Waals surface area contributed by atoms with Gasteiger partial charge in [-0.3, -0.25) is 0 Å². The van der Waals surface area contributed by atoms with E-state index in [4.69, 9.17) is 16.6 Å². The molecule has 3 aromatic heterocycles. The second-order valence-electron chi connectivity index (χ2n) is 8.36. The fourth-order valence-corrected chi connectivity index (χ4v) is 5.97. The number of aromatic nitrogens is 4. The van der Waals surface area contributed by atoms with Gasteiger partial charge in [0.1, 0.15) is 10.6 Å². The van der Waals surface area contributed by atoms with Gasteiger partial charge < -0.3 is 9.80 Å². The smallest absolute Gasteiger partial charge is 0.225 e. The highest BCUT2D eigenvalue weighted by molar-refractivity contribution is 7.17. The summed E-state index contributed by atoms with van der Waals surface area (Å²) in [6.45, 7) is 3.34. The van der Waals surface area contributed by atoms with Crippen molar-refractivity contribution in [2.75, 3.05) is 36.0 Å². The zero-order valence-corrected chi connectivity index (χ0v) is 19.2. The molecule has 0 bridgehead atoms. The van der Waals surface area contributed by atoms with Crippen LogP contribution in [0, 0.1) is 0 Å². The van der Waals surface area contributed by atoms with Crippen LogP contribution in [-0.4, -0.2) is 46.1 Å². The Labute approximate surface area is 195 Å². The van der Waals surface area contributed by atoms with Crippen LogP contribution in [0.15, 0.2) is 42.0 Å². The topological polar surface area (TPSA) is 58.0 Å². The number of piperazine rings is 1. The lowest BCUT2D eigenvalue weighted by molar-refractivity contribution is 0.636. The van der Waals surface area contributed by atoms with Gasteiger partial charge in [-0.05, 0) is 60.0 Å². The molecule has 8 heteroatoms. The molecule has 1 saturated heterocycles. The molecule has 0 amide bonds. The van der Waals surface area contributed by atoms with Crippen molar-refractivity contribution in [2.24, 2.45) is 0 Å². The van der Waals surface area contributed by atoms with Crippen LogP contribution in [0.5, 0.6) is 0 Å². The number of fused-ring (bicyclic) bond motifs is 2. The predicted octanol–water partition coefficient (Wildman–Crippen LogP) is 5.01. The quantitative estimate of drug-likeness (QED) is 0.399. The van der Waals surface area contributed by atoms with Gasteiger partial charge in [-0.15, -0.1) is 11.3 Å². The normalized spacial score (nSPS) is 16.4. The van der Waals surface area contributed by atoms with Crippen LogP contribution in [-0.2, 0) is 12.8 Å². The van der Waals surface area contributed by atoms with E-state index in [1.165, 1.54) is 47.9 Å². The van der Waals surface area contributed by atoms with E-state index in [9.17, 15) is 0 Å². The maximum atomic E-state index is 6.35. The molecule has 162 valence electrons. The molecule has 6 rings (SSSR count). The average Bonchev–Trinajstić information content (AvgIpc) is 3.27. The van der Waals surface area contributed by atoms with Crippen LogP contribution in [0.1, 0.15) is 24.0 Å². The molecule has 1 aromatic carbocycles. The summed E-state index contributed by atoms with van der Waals surface area (Å²) in [7, 11) is 0. The number of thiophene rings is 1. The number of rotatable bonds is 3. The Balaban J connectivity index is 1.36. The lowest BCUT2D eigenvalue weighted by atomic mass is 9.89. The van der Waals surface area contributed by atoms with Crippen molar-refractivity contribution < 1.29 is 0 Å². The van der Waals surface area contributed by atoms with Crippen LogP contribution < -0.4 is 9.80 Å². The van der Waals surface area contributed by atoms with E-state index in [1.54, 1.807) is 23.7 Å². The van der Waals surface area contributed by atoms with Gasteiger partial charge in [0, 0.05) is 49.5 Å². The van der Waals surface area contributed by atoms with Crippen LogP contribution in [0.4, 0.5) is 11.8 Å². The van der Waals surface area contributed by atoms with Gasteiger partial charge in [0.2, 0.25) is 11.2 Å². The maximum absolute atomic E-state index is 6.35. The first-order valence-electron chi connectivity index (χ1n) is 11.1. The number of nitrogens with zero attached hydrogens (tertiary/aromatic N) is 6. The van der Waals surface area contributed by atoms with E-state index in [0.29, 0.717) is 5.28 Å². The largest absolute Gasteiger partial charge is 0.352 e. The minimum absolute atomic E-state index is 0.306. The van der Waals surface area contributed by atoms with Crippen LogP contribution in [0.3, 0.4) is 0 Å². The molecular formula is C24H23ClN6S. The van der Waals surface area contributed by atoms with Gasteiger partial charge in [-0.1, -0.05) is 18.2 Å². The Morgan fingerprint density at radius 3 is 2.44 bits per heavy atom. The fourth-order valence-electron chi connectivity index (χ4n) is 4.81. The van der Waals surface area contributed by atoms with Crippen molar-refractivity contribution in [3.63, 3.8) is 0 Å². The van der Waals surface area contributed by atoms with Gasteiger partial charge in [0.05, 0.1) is 5.39 Å². The molecule has 0 atom stereocenters. The van der Waals surface area contributed by atoms with Crippen molar-refractivity contribution >= 4 is 44.9 Å². The summed E-state index contributed by atoms with van der Waals surface area (Å²) in [6.07, 6.45) is 8.52. The molecule has 1 aliphatic carbocycles. The Bertz CT molecular complexity index is 1270. The number of hydrogen-bond donors (Lipinski definition) is 0. The highest BCUT2D eigenvalue weighted by Gasteiger charge is 2.24. The zero-order chi connectivity index (χ0) is 21.5. The molecule has 0 spiro atoms. The third-order valence-corrected chi connectivity index (χ3v) is 7.50. The van der Waals surface area contributed by atoms with E-state index in [-0.39, 0.29) is 0 Å². The molecule has 4 heterocycles. The molecule has 0 saturated carbocycles. The lowest BCUT2D eigenvalue weighted by Gasteiger charge is -2.35. The van der Waals surface area contributed by atoms with Crippen molar-refractivity contribution in [3.8, 4) is 11.1 Å². The van der Waals surface area contributed by atoms with Gasteiger partial charge in [0.15, 0.2) is 0 Å². The number of halogens is 1. The van der Waals surface area contributed by atoms with Gasteiger partial charge >= 0.3 is 0 Å². The van der Waals surface area contributed by atoms with Crippen molar-refractivity contribution in [3.05, 3.63) is 58.4 Å². The highest BCUT2D eigenvalue weighted by atomic mass is 35.5. The van der Waals surface area contributed by atoms with Crippen molar-refractivity contribution in [1.82, 2.24) is 19.9 Å². The molecule has 0 unspecified atom stereocenters. The highest BCUT2D eigenvalue weighted by Crippen LogP contribution is 2.40. The van der Waals surface area contributed by atoms with Crippen LogP contribution >= 0.6 is 22.9 Å². The summed E-state index contributed by atoms with van der Waals surface area (Å²) in [4.78, 5) is 23.5. The Morgan fingerprint density at radius 2 is 1.62 bits per heavy atom. The maximum Gasteiger partial charge on any atom is 0.225 e. The zero-order valence-electron chi connectivity index (χ0n) is 17.7. The third-order valence-electron chi connectivity index (χ3n) is 6.46. The van der Waals surface area contributed by atoms with E-state index in [2.05, 4.69) is 48.3 Å². The van der Waals surface area contributed by atoms with Crippen LogP contribution in [0.2, 0.25) is 5.28 Å². The first-order valence-corrected chi connectivity index (χ1v) is 12.4. The van der Waals surface area contributed by atoms with E-state index < -0.39 is 0 Å². The second-order valence-corrected chi connectivity index (χ2v) is 9.56. The average molecular weight is 463 g/mol. The molecule has 1 aliphatic heterocycles. The molecular weight excluding hydrogens is 440 g/mol. The Kier molecular flexibility index (Phi) is 5.15. The summed E-state index contributed by atoms with van der Waals surface area (Å²) in [5.74, 6) is 1.71. The van der Waals surface area contributed by atoms with E-state index in [1.807, 2.05) is 6.07 Å². The van der Waals surface area contributed by atoms with Crippen molar-refractivity contribution in [1.29, 1.82) is 0 Å². The number of hydrogen-bond acceptors (Lipinski definition) is 7. The molecule has 1 fully saturated rings. The molecule has 6 nitrogen and oxygen atoms in total. The molecule has 2 aliphatic rings. The number of benzene rings is 1. The summed E-state index contributed by atoms with van der Waals surface area (Å²) in [5.41, 5.74) is 5.44. The second kappa shape index (κ2) is 8.30. The van der Waals surface area contributed by atoms with E-state index in [0.717, 1.165) is 48.2 Å². The number of anilines is 2. The molecule has 4 aromatic rings. The standard InChI is InChI=1S/C24H23ClN6S/c25-23-28-21(30-10-12-31(13-11-30)24-26-8-3-9-27-24)20-19(15-32-22(20)29-23)18-7-6-16-4-1-2-5-17(16)14-18/h3,6-9,14-15H,1-2,4-5,10-13H2. The van der Waals surface area contributed by atoms with Crippen molar-refractivity contribution in [2.45, 2.75) is 25.7 Å².